The lowest BCUT2D eigenvalue weighted by atomic mass is 10.2. The van der Waals surface area contributed by atoms with Crippen LogP contribution >= 0.6 is 0 Å². The van der Waals surface area contributed by atoms with Crippen molar-refractivity contribution in [3.8, 4) is 5.75 Å². The summed E-state index contributed by atoms with van der Waals surface area (Å²) in [7, 11) is 1.69. The molecule has 1 aliphatic heterocycles. The van der Waals surface area contributed by atoms with Crippen LogP contribution in [0, 0.1) is 5.92 Å². The minimum atomic E-state index is 0.106. The van der Waals surface area contributed by atoms with E-state index in [1.54, 1.807) is 13.4 Å². The van der Waals surface area contributed by atoms with Crippen LogP contribution < -0.4 is 9.64 Å². The molecule has 1 aromatic carbocycles. The van der Waals surface area contributed by atoms with Gasteiger partial charge in [0, 0.05) is 38.0 Å². The third kappa shape index (κ3) is 2.75. The maximum absolute atomic E-state index is 12.7. The molecule has 4 rings (SSSR count). The van der Waals surface area contributed by atoms with Crippen molar-refractivity contribution in [3.05, 3.63) is 48.4 Å². The summed E-state index contributed by atoms with van der Waals surface area (Å²) >= 11 is 0. The molecule has 0 unspecified atom stereocenters. The molecule has 5 nitrogen and oxygen atoms in total. The number of amides is 1. The molecule has 0 N–H and O–H groups in total. The molecule has 1 aliphatic carbocycles. The van der Waals surface area contributed by atoms with E-state index in [2.05, 4.69) is 11.0 Å². The standard InChI is InChI=1S/C19H22N2O3/c1-23-18-6-3-2-5-16(18)20-8-10-21(11-9-20)19(22)15-13-14(15)17-7-4-12-24-17/h2-7,12,14-15H,8-11,13H2,1H3/t14-,15+/m1/s1. The monoisotopic (exact) mass is 326 g/mol. The normalized spacial score (nSPS) is 23.2. The molecule has 1 amide bonds. The van der Waals surface area contributed by atoms with Gasteiger partial charge in [0.1, 0.15) is 11.5 Å². The van der Waals surface area contributed by atoms with E-state index < -0.39 is 0 Å². The first-order chi connectivity index (χ1) is 11.8. The number of piperazine rings is 1. The van der Waals surface area contributed by atoms with Gasteiger partial charge in [-0.2, -0.15) is 0 Å². The van der Waals surface area contributed by atoms with E-state index in [-0.39, 0.29) is 17.7 Å². The van der Waals surface area contributed by atoms with Gasteiger partial charge >= 0.3 is 0 Å². The third-order valence-electron chi connectivity index (χ3n) is 5.03. The zero-order valence-corrected chi connectivity index (χ0v) is 13.9. The molecular weight excluding hydrogens is 304 g/mol. The van der Waals surface area contributed by atoms with Crippen molar-refractivity contribution in [2.24, 2.45) is 5.92 Å². The Balaban J connectivity index is 1.36. The number of carbonyl (C=O) groups is 1. The van der Waals surface area contributed by atoms with Crippen LogP contribution in [0.4, 0.5) is 5.69 Å². The van der Waals surface area contributed by atoms with E-state index in [0.717, 1.165) is 49.8 Å². The van der Waals surface area contributed by atoms with Gasteiger partial charge in [-0.25, -0.2) is 0 Å². The summed E-state index contributed by atoms with van der Waals surface area (Å²) in [5, 5.41) is 0. The van der Waals surface area contributed by atoms with Gasteiger partial charge in [-0.3, -0.25) is 4.79 Å². The molecule has 5 heteroatoms. The summed E-state index contributed by atoms with van der Waals surface area (Å²) in [6.45, 7) is 3.20. The summed E-state index contributed by atoms with van der Waals surface area (Å²) in [6.07, 6.45) is 2.60. The Hall–Kier alpha value is -2.43. The van der Waals surface area contributed by atoms with Gasteiger partial charge in [0.05, 0.1) is 19.1 Å². The Labute approximate surface area is 141 Å². The first-order valence-corrected chi connectivity index (χ1v) is 8.48. The molecule has 126 valence electrons. The lowest BCUT2D eigenvalue weighted by Gasteiger charge is -2.36. The zero-order chi connectivity index (χ0) is 16.5. The summed E-state index contributed by atoms with van der Waals surface area (Å²) in [5.41, 5.74) is 1.10. The van der Waals surface area contributed by atoms with Gasteiger partial charge in [-0.1, -0.05) is 12.1 Å². The second kappa shape index (κ2) is 6.23. The Morgan fingerprint density at radius 2 is 1.92 bits per heavy atom. The average molecular weight is 326 g/mol. The minimum Gasteiger partial charge on any atom is -0.495 e. The van der Waals surface area contributed by atoms with Crippen molar-refractivity contribution in [1.29, 1.82) is 0 Å². The number of para-hydroxylation sites is 2. The molecule has 2 aliphatic rings. The Bertz CT molecular complexity index is 705. The molecule has 0 radical (unpaired) electrons. The number of rotatable bonds is 4. The van der Waals surface area contributed by atoms with Gasteiger partial charge in [-0.15, -0.1) is 0 Å². The fourth-order valence-corrected chi connectivity index (χ4v) is 3.58. The number of hydrogen-bond acceptors (Lipinski definition) is 4. The lowest BCUT2D eigenvalue weighted by Crippen LogP contribution is -2.49. The second-order valence-electron chi connectivity index (χ2n) is 6.45. The van der Waals surface area contributed by atoms with Gasteiger partial charge < -0.3 is 19.0 Å². The number of carbonyl (C=O) groups excluding carboxylic acids is 1. The van der Waals surface area contributed by atoms with Crippen molar-refractivity contribution in [1.82, 2.24) is 4.90 Å². The molecule has 2 heterocycles. The van der Waals surface area contributed by atoms with Crippen LogP contribution in [-0.4, -0.2) is 44.1 Å². The largest absolute Gasteiger partial charge is 0.495 e. The fourth-order valence-electron chi connectivity index (χ4n) is 3.58. The summed E-state index contributed by atoms with van der Waals surface area (Å²) in [5.74, 6) is 2.49. The quantitative estimate of drug-likeness (QED) is 0.867. The van der Waals surface area contributed by atoms with Crippen LogP contribution in [-0.2, 0) is 4.79 Å². The SMILES string of the molecule is COc1ccccc1N1CCN(C(=O)[C@H]2C[C@H]2c2ccco2)CC1. The Morgan fingerprint density at radius 3 is 2.62 bits per heavy atom. The van der Waals surface area contributed by atoms with Crippen LogP contribution in [0.2, 0.25) is 0 Å². The molecular formula is C19H22N2O3. The third-order valence-corrected chi connectivity index (χ3v) is 5.03. The number of anilines is 1. The van der Waals surface area contributed by atoms with Crippen molar-refractivity contribution in [2.45, 2.75) is 12.3 Å². The molecule has 2 aromatic rings. The molecule has 24 heavy (non-hydrogen) atoms. The van der Waals surface area contributed by atoms with Gasteiger partial charge in [0.15, 0.2) is 0 Å². The number of ether oxygens (including phenoxy) is 1. The summed E-state index contributed by atoms with van der Waals surface area (Å²) in [4.78, 5) is 17.0. The number of hydrogen-bond donors (Lipinski definition) is 0. The van der Waals surface area contributed by atoms with Crippen LogP contribution in [0.1, 0.15) is 18.1 Å². The maximum atomic E-state index is 12.7. The van der Waals surface area contributed by atoms with Gasteiger partial charge in [0.2, 0.25) is 5.91 Å². The molecule has 2 atom stereocenters. The Kier molecular flexibility index (Phi) is 3.92. The fraction of sp³-hybridized carbons (Fsp3) is 0.421. The van der Waals surface area contributed by atoms with Crippen LogP contribution in [0.15, 0.2) is 47.1 Å². The van der Waals surface area contributed by atoms with Crippen molar-refractivity contribution >= 4 is 11.6 Å². The van der Waals surface area contributed by atoms with Crippen molar-refractivity contribution < 1.29 is 13.9 Å². The molecule has 0 spiro atoms. The lowest BCUT2D eigenvalue weighted by molar-refractivity contribution is -0.133. The van der Waals surface area contributed by atoms with E-state index in [4.69, 9.17) is 9.15 Å². The highest BCUT2D eigenvalue weighted by Gasteiger charge is 2.47. The molecule has 1 aromatic heterocycles. The smallest absolute Gasteiger partial charge is 0.226 e. The topological polar surface area (TPSA) is 45.9 Å². The first kappa shape index (κ1) is 15.1. The average Bonchev–Trinajstić information content (AvgIpc) is 3.25. The number of furan rings is 1. The Morgan fingerprint density at radius 1 is 1.12 bits per heavy atom. The highest BCUT2D eigenvalue weighted by molar-refractivity contribution is 5.83. The molecule has 1 saturated carbocycles. The first-order valence-electron chi connectivity index (χ1n) is 8.48. The number of methoxy groups -OCH3 is 1. The summed E-state index contributed by atoms with van der Waals surface area (Å²) in [6, 6.07) is 11.9. The van der Waals surface area contributed by atoms with E-state index in [9.17, 15) is 4.79 Å². The minimum absolute atomic E-state index is 0.106. The van der Waals surface area contributed by atoms with E-state index >= 15 is 0 Å². The number of benzene rings is 1. The maximum Gasteiger partial charge on any atom is 0.226 e. The highest BCUT2D eigenvalue weighted by atomic mass is 16.5. The van der Waals surface area contributed by atoms with Crippen LogP contribution in [0.25, 0.3) is 0 Å². The van der Waals surface area contributed by atoms with E-state index in [0.29, 0.717) is 0 Å². The van der Waals surface area contributed by atoms with E-state index in [1.807, 2.05) is 35.2 Å². The van der Waals surface area contributed by atoms with E-state index in [1.165, 1.54) is 0 Å². The van der Waals surface area contributed by atoms with Crippen LogP contribution in [0.5, 0.6) is 5.75 Å². The molecule has 1 saturated heterocycles. The van der Waals surface area contributed by atoms with Crippen molar-refractivity contribution in [2.75, 3.05) is 38.2 Å². The van der Waals surface area contributed by atoms with Crippen molar-refractivity contribution in [3.63, 3.8) is 0 Å². The van der Waals surface area contributed by atoms with Crippen LogP contribution in [0.3, 0.4) is 0 Å². The van der Waals surface area contributed by atoms with Gasteiger partial charge in [0.25, 0.3) is 0 Å². The van der Waals surface area contributed by atoms with Gasteiger partial charge in [-0.05, 0) is 30.7 Å². The second-order valence-corrected chi connectivity index (χ2v) is 6.45. The summed E-state index contributed by atoms with van der Waals surface area (Å²) < 4.78 is 10.9. The number of nitrogens with zero attached hydrogens (tertiary/aromatic N) is 2. The molecule has 0 bridgehead atoms. The predicted octanol–water partition coefficient (Wildman–Crippen LogP) is 2.74. The zero-order valence-electron chi connectivity index (χ0n) is 13.9. The highest BCUT2D eigenvalue weighted by Crippen LogP contribution is 2.48. The predicted molar refractivity (Wildman–Crippen MR) is 91.3 cm³/mol. The molecule has 2 fully saturated rings.